The Balaban J connectivity index is 1.72. The normalized spacial score (nSPS) is 18.8. The van der Waals surface area contributed by atoms with Crippen LogP contribution in [0.5, 0.6) is 0 Å². The summed E-state index contributed by atoms with van der Waals surface area (Å²) in [5, 5.41) is 0. The van der Waals surface area contributed by atoms with E-state index in [2.05, 4.69) is 28.1 Å². The standard InChI is InChI=1S/C21H24BrFN2O/c1-24(2)10-11-25(14-16-6-3-4-9-20(16)23)21(26)19-13-18(19)15-7-5-8-17(22)12-15/h3-9,12,18-19H,10-11,13-14H2,1-2H3. The van der Waals surface area contributed by atoms with E-state index in [0.717, 1.165) is 17.4 Å². The Labute approximate surface area is 162 Å². The number of hydrogen-bond donors (Lipinski definition) is 0. The third-order valence-corrected chi connectivity index (χ3v) is 5.33. The molecule has 5 heteroatoms. The van der Waals surface area contributed by atoms with Crippen LogP contribution in [0.3, 0.4) is 0 Å². The molecule has 0 saturated heterocycles. The van der Waals surface area contributed by atoms with E-state index < -0.39 is 0 Å². The van der Waals surface area contributed by atoms with E-state index in [9.17, 15) is 9.18 Å². The van der Waals surface area contributed by atoms with Crippen molar-refractivity contribution in [2.75, 3.05) is 27.2 Å². The summed E-state index contributed by atoms with van der Waals surface area (Å²) in [6.07, 6.45) is 0.866. The lowest BCUT2D eigenvalue weighted by Crippen LogP contribution is -2.37. The summed E-state index contributed by atoms with van der Waals surface area (Å²) in [5.74, 6) is 0.135. The van der Waals surface area contributed by atoms with Crippen LogP contribution in [0.4, 0.5) is 4.39 Å². The van der Waals surface area contributed by atoms with E-state index in [4.69, 9.17) is 0 Å². The summed E-state index contributed by atoms with van der Waals surface area (Å²) < 4.78 is 15.1. The minimum Gasteiger partial charge on any atom is -0.337 e. The first-order chi connectivity index (χ1) is 12.5. The highest BCUT2D eigenvalue weighted by Gasteiger charge is 2.45. The molecule has 0 bridgehead atoms. The van der Waals surface area contributed by atoms with Gasteiger partial charge in [0.25, 0.3) is 0 Å². The fourth-order valence-electron chi connectivity index (χ4n) is 3.23. The highest BCUT2D eigenvalue weighted by atomic mass is 79.9. The van der Waals surface area contributed by atoms with Gasteiger partial charge in [-0.25, -0.2) is 4.39 Å². The van der Waals surface area contributed by atoms with Gasteiger partial charge in [0.2, 0.25) is 5.91 Å². The smallest absolute Gasteiger partial charge is 0.226 e. The Morgan fingerprint density at radius 3 is 2.62 bits per heavy atom. The van der Waals surface area contributed by atoms with E-state index in [1.807, 2.05) is 37.2 Å². The first-order valence-electron chi connectivity index (χ1n) is 8.88. The molecule has 1 saturated carbocycles. The number of nitrogens with zero attached hydrogens (tertiary/aromatic N) is 2. The van der Waals surface area contributed by atoms with Crippen LogP contribution in [0, 0.1) is 11.7 Å². The number of halogens is 2. The van der Waals surface area contributed by atoms with Gasteiger partial charge in [-0.2, -0.15) is 0 Å². The molecule has 1 fully saturated rings. The van der Waals surface area contributed by atoms with Gasteiger partial charge in [-0.15, -0.1) is 0 Å². The van der Waals surface area contributed by atoms with Crippen LogP contribution in [-0.4, -0.2) is 42.9 Å². The lowest BCUT2D eigenvalue weighted by atomic mass is 10.1. The molecule has 2 unspecified atom stereocenters. The third-order valence-electron chi connectivity index (χ3n) is 4.83. The zero-order chi connectivity index (χ0) is 18.7. The van der Waals surface area contributed by atoms with Gasteiger partial charge in [0.1, 0.15) is 5.82 Å². The van der Waals surface area contributed by atoms with Crippen LogP contribution in [-0.2, 0) is 11.3 Å². The molecule has 0 spiro atoms. The molecule has 1 aliphatic carbocycles. The first kappa shape index (κ1) is 19.1. The predicted molar refractivity (Wildman–Crippen MR) is 105 cm³/mol. The fourth-order valence-corrected chi connectivity index (χ4v) is 3.65. The molecule has 3 nitrogen and oxygen atoms in total. The number of carbonyl (C=O) groups excluding carboxylic acids is 1. The van der Waals surface area contributed by atoms with Gasteiger partial charge in [-0.3, -0.25) is 4.79 Å². The number of benzene rings is 2. The second kappa shape index (κ2) is 8.31. The van der Waals surface area contributed by atoms with Crippen LogP contribution in [0.15, 0.2) is 53.0 Å². The number of hydrogen-bond acceptors (Lipinski definition) is 2. The molecule has 0 N–H and O–H groups in total. The molecule has 0 aromatic heterocycles. The zero-order valence-electron chi connectivity index (χ0n) is 15.2. The van der Waals surface area contributed by atoms with Crippen molar-refractivity contribution in [1.82, 2.24) is 9.80 Å². The van der Waals surface area contributed by atoms with Gasteiger partial charge >= 0.3 is 0 Å². The maximum absolute atomic E-state index is 14.1. The average Bonchev–Trinajstić information content (AvgIpc) is 3.40. The van der Waals surface area contributed by atoms with Crippen LogP contribution in [0.25, 0.3) is 0 Å². The Bertz CT molecular complexity index is 780. The summed E-state index contributed by atoms with van der Waals surface area (Å²) in [4.78, 5) is 16.9. The van der Waals surface area contributed by atoms with Gasteiger partial charge < -0.3 is 9.80 Å². The topological polar surface area (TPSA) is 23.6 Å². The lowest BCUT2D eigenvalue weighted by molar-refractivity contribution is -0.133. The van der Waals surface area contributed by atoms with Crippen molar-refractivity contribution in [3.63, 3.8) is 0 Å². The summed E-state index contributed by atoms with van der Waals surface area (Å²) in [6.45, 7) is 1.68. The number of carbonyl (C=O) groups is 1. The van der Waals surface area contributed by atoms with Crippen LogP contribution >= 0.6 is 15.9 Å². The highest BCUT2D eigenvalue weighted by Crippen LogP contribution is 2.49. The molecule has 2 aromatic carbocycles. The number of amides is 1. The van der Waals surface area contributed by atoms with Crippen molar-refractivity contribution >= 4 is 21.8 Å². The molecule has 3 rings (SSSR count). The van der Waals surface area contributed by atoms with E-state index in [0.29, 0.717) is 18.7 Å². The molecule has 0 radical (unpaired) electrons. The van der Waals surface area contributed by atoms with Crippen molar-refractivity contribution in [2.24, 2.45) is 5.92 Å². The molecule has 1 amide bonds. The van der Waals surface area contributed by atoms with Gasteiger partial charge in [0, 0.05) is 35.6 Å². The molecule has 2 aromatic rings. The largest absolute Gasteiger partial charge is 0.337 e. The summed E-state index contributed by atoms with van der Waals surface area (Å²) in [6, 6.07) is 14.8. The molecule has 2 atom stereocenters. The maximum atomic E-state index is 14.1. The summed E-state index contributed by atoms with van der Waals surface area (Å²) in [5.41, 5.74) is 1.76. The Kier molecular flexibility index (Phi) is 6.09. The highest BCUT2D eigenvalue weighted by molar-refractivity contribution is 9.10. The van der Waals surface area contributed by atoms with Gasteiger partial charge in [0.15, 0.2) is 0 Å². The predicted octanol–water partition coefficient (Wildman–Crippen LogP) is 4.28. The lowest BCUT2D eigenvalue weighted by Gasteiger charge is -2.25. The monoisotopic (exact) mass is 418 g/mol. The molecule has 1 aliphatic rings. The minimum atomic E-state index is -0.255. The molecule has 0 aliphatic heterocycles. The van der Waals surface area contributed by atoms with Gasteiger partial charge in [-0.05, 0) is 50.2 Å². The van der Waals surface area contributed by atoms with Crippen LogP contribution < -0.4 is 0 Å². The first-order valence-corrected chi connectivity index (χ1v) is 9.67. The molecular formula is C21H24BrFN2O. The Hall–Kier alpha value is -1.72. The quantitative estimate of drug-likeness (QED) is 0.669. The van der Waals surface area contributed by atoms with Crippen molar-refractivity contribution < 1.29 is 9.18 Å². The number of likely N-dealkylation sites (N-methyl/N-ethyl adjacent to an activating group) is 1. The van der Waals surface area contributed by atoms with E-state index in [1.54, 1.807) is 17.0 Å². The Morgan fingerprint density at radius 2 is 1.92 bits per heavy atom. The van der Waals surface area contributed by atoms with E-state index in [1.165, 1.54) is 11.6 Å². The third kappa shape index (κ3) is 4.71. The minimum absolute atomic E-state index is 0.00163. The van der Waals surface area contributed by atoms with Crippen LogP contribution in [0.1, 0.15) is 23.5 Å². The van der Waals surface area contributed by atoms with E-state index in [-0.39, 0.29) is 23.6 Å². The van der Waals surface area contributed by atoms with Gasteiger partial charge in [0.05, 0.1) is 0 Å². The Morgan fingerprint density at radius 1 is 1.15 bits per heavy atom. The number of rotatable bonds is 7. The molecular weight excluding hydrogens is 395 g/mol. The molecule has 0 heterocycles. The van der Waals surface area contributed by atoms with Crippen molar-refractivity contribution in [3.05, 3.63) is 69.9 Å². The second-order valence-electron chi connectivity index (χ2n) is 7.16. The molecule has 138 valence electrons. The molecule has 26 heavy (non-hydrogen) atoms. The average molecular weight is 419 g/mol. The second-order valence-corrected chi connectivity index (χ2v) is 8.07. The maximum Gasteiger partial charge on any atom is 0.226 e. The summed E-state index contributed by atoms with van der Waals surface area (Å²) >= 11 is 3.49. The van der Waals surface area contributed by atoms with E-state index >= 15 is 0 Å². The summed E-state index contributed by atoms with van der Waals surface area (Å²) in [7, 11) is 3.96. The van der Waals surface area contributed by atoms with Crippen LogP contribution in [0.2, 0.25) is 0 Å². The van der Waals surface area contributed by atoms with Crippen molar-refractivity contribution in [1.29, 1.82) is 0 Å². The van der Waals surface area contributed by atoms with Crippen molar-refractivity contribution in [2.45, 2.75) is 18.9 Å². The zero-order valence-corrected chi connectivity index (χ0v) is 16.7. The SMILES string of the molecule is CN(C)CCN(Cc1ccccc1F)C(=O)C1CC1c1cccc(Br)c1. The van der Waals surface area contributed by atoms with Gasteiger partial charge in [-0.1, -0.05) is 46.3 Å². The van der Waals surface area contributed by atoms with Crippen molar-refractivity contribution in [3.8, 4) is 0 Å². The fraction of sp³-hybridized carbons (Fsp3) is 0.381.